The van der Waals surface area contributed by atoms with E-state index < -0.39 is 0 Å². The highest BCUT2D eigenvalue weighted by atomic mass is 16.2. The van der Waals surface area contributed by atoms with Crippen molar-refractivity contribution >= 4 is 22.8 Å². The van der Waals surface area contributed by atoms with E-state index in [9.17, 15) is 9.59 Å². The molecule has 1 fully saturated rings. The first-order valence-electron chi connectivity index (χ1n) is 10.1. The highest BCUT2D eigenvalue weighted by Gasteiger charge is 2.23. The van der Waals surface area contributed by atoms with E-state index in [4.69, 9.17) is 0 Å². The first-order valence-corrected chi connectivity index (χ1v) is 10.1. The van der Waals surface area contributed by atoms with Crippen LogP contribution in [0, 0.1) is 0 Å². The molecule has 1 aliphatic carbocycles. The zero-order valence-electron chi connectivity index (χ0n) is 15.7. The van der Waals surface area contributed by atoms with Crippen molar-refractivity contribution in [1.29, 1.82) is 0 Å². The van der Waals surface area contributed by atoms with Crippen molar-refractivity contribution < 1.29 is 9.59 Å². The number of hydrogen-bond donors (Lipinski definition) is 3. The summed E-state index contributed by atoms with van der Waals surface area (Å²) in [6.07, 6.45) is 6.96. The van der Waals surface area contributed by atoms with Crippen LogP contribution in [0.15, 0.2) is 24.3 Å². The maximum absolute atomic E-state index is 12.6. The molecule has 3 N–H and O–H groups in total. The zero-order valence-corrected chi connectivity index (χ0v) is 15.7. The molecule has 1 aromatic carbocycles. The second-order valence-corrected chi connectivity index (χ2v) is 7.68. The Morgan fingerprint density at radius 3 is 2.81 bits per heavy atom. The molecule has 1 aliphatic heterocycles. The van der Waals surface area contributed by atoms with Gasteiger partial charge in [0.15, 0.2) is 0 Å². The zero-order chi connectivity index (χ0) is 18.6. The van der Waals surface area contributed by atoms with Crippen LogP contribution in [-0.4, -0.2) is 41.0 Å². The van der Waals surface area contributed by atoms with Crippen LogP contribution in [0.3, 0.4) is 0 Å². The van der Waals surface area contributed by atoms with Crippen LogP contribution < -0.4 is 10.6 Å². The second kappa shape index (κ2) is 8.03. The predicted molar refractivity (Wildman–Crippen MR) is 105 cm³/mol. The van der Waals surface area contributed by atoms with Gasteiger partial charge in [0.05, 0.1) is 0 Å². The SMILES string of the molecule is O=C(NCCC(=O)N1CCc2[nH]c3ccccc3c2C1)NC1CCCCC1. The van der Waals surface area contributed by atoms with Gasteiger partial charge in [0, 0.05) is 60.7 Å². The lowest BCUT2D eigenvalue weighted by molar-refractivity contribution is -0.131. The van der Waals surface area contributed by atoms with Crippen LogP contribution in [0.25, 0.3) is 10.9 Å². The van der Waals surface area contributed by atoms with Crippen molar-refractivity contribution in [2.75, 3.05) is 13.1 Å². The summed E-state index contributed by atoms with van der Waals surface area (Å²) in [6, 6.07) is 8.39. The van der Waals surface area contributed by atoms with Crippen LogP contribution in [0.4, 0.5) is 4.79 Å². The van der Waals surface area contributed by atoms with Gasteiger partial charge in [-0.15, -0.1) is 0 Å². The molecular formula is C21H28N4O2. The molecule has 4 rings (SSSR count). The van der Waals surface area contributed by atoms with E-state index in [1.807, 2.05) is 17.0 Å². The van der Waals surface area contributed by atoms with Gasteiger partial charge in [0.2, 0.25) is 5.91 Å². The third kappa shape index (κ3) is 4.10. The number of aromatic amines is 1. The van der Waals surface area contributed by atoms with Crippen molar-refractivity contribution in [3.8, 4) is 0 Å². The summed E-state index contributed by atoms with van der Waals surface area (Å²) in [6.45, 7) is 1.76. The van der Waals surface area contributed by atoms with Crippen LogP contribution in [-0.2, 0) is 17.8 Å². The topological polar surface area (TPSA) is 77.2 Å². The van der Waals surface area contributed by atoms with Gasteiger partial charge in [-0.25, -0.2) is 4.79 Å². The largest absolute Gasteiger partial charge is 0.358 e. The van der Waals surface area contributed by atoms with Gasteiger partial charge in [-0.3, -0.25) is 4.79 Å². The Hall–Kier alpha value is -2.50. The molecule has 2 heterocycles. The Bertz CT molecular complexity index is 823. The number of carbonyl (C=O) groups is 2. The Kier molecular flexibility index (Phi) is 5.32. The molecule has 6 heteroatoms. The fourth-order valence-electron chi connectivity index (χ4n) is 4.30. The third-order valence-electron chi connectivity index (χ3n) is 5.80. The fraction of sp³-hybridized carbons (Fsp3) is 0.524. The molecule has 0 saturated heterocycles. The minimum Gasteiger partial charge on any atom is -0.358 e. The van der Waals surface area contributed by atoms with Gasteiger partial charge in [0.25, 0.3) is 0 Å². The summed E-state index contributed by atoms with van der Waals surface area (Å²) in [5.74, 6) is 0.101. The smallest absolute Gasteiger partial charge is 0.315 e. The van der Waals surface area contributed by atoms with E-state index in [0.29, 0.717) is 19.5 Å². The standard InChI is InChI=1S/C21H28N4O2/c26-20(10-12-22-21(27)23-15-6-2-1-3-7-15)25-13-11-19-17(14-25)16-8-4-5-9-18(16)24-19/h4-5,8-9,15,24H,1-3,6-7,10-14H2,(H2,22,23,27). The van der Waals surface area contributed by atoms with E-state index >= 15 is 0 Å². The van der Waals surface area contributed by atoms with Gasteiger partial charge < -0.3 is 20.5 Å². The van der Waals surface area contributed by atoms with Gasteiger partial charge in [-0.05, 0) is 18.9 Å². The number of urea groups is 1. The first kappa shape index (κ1) is 17.9. The number of carbonyl (C=O) groups excluding carboxylic acids is 2. The highest BCUT2D eigenvalue weighted by Crippen LogP contribution is 2.27. The van der Waals surface area contributed by atoms with Crippen molar-refractivity contribution in [3.63, 3.8) is 0 Å². The minimum atomic E-state index is -0.146. The molecular weight excluding hydrogens is 340 g/mol. The number of nitrogens with one attached hydrogen (secondary N) is 3. The summed E-state index contributed by atoms with van der Waals surface area (Å²) < 4.78 is 0. The van der Waals surface area contributed by atoms with Crippen LogP contribution in [0.2, 0.25) is 0 Å². The molecule has 6 nitrogen and oxygen atoms in total. The second-order valence-electron chi connectivity index (χ2n) is 7.68. The average Bonchev–Trinajstić information content (AvgIpc) is 3.06. The maximum Gasteiger partial charge on any atom is 0.315 e. The molecule has 1 aromatic heterocycles. The van der Waals surface area contributed by atoms with Crippen molar-refractivity contribution in [2.45, 2.75) is 57.5 Å². The lowest BCUT2D eigenvalue weighted by atomic mass is 9.96. The summed E-state index contributed by atoms with van der Waals surface area (Å²) >= 11 is 0. The van der Waals surface area contributed by atoms with E-state index in [-0.39, 0.29) is 18.0 Å². The van der Waals surface area contributed by atoms with Crippen LogP contribution in [0.5, 0.6) is 0 Å². The number of rotatable bonds is 4. The number of amides is 3. The monoisotopic (exact) mass is 368 g/mol. The quantitative estimate of drug-likeness (QED) is 0.776. The number of para-hydroxylation sites is 1. The van der Waals surface area contributed by atoms with Gasteiger partial charge in [0.1, 0.15) is 0 Å². The molecule has 0 radical (unpaired) electrons. The van der Waals surface area contributed by atoms with Gasteiger partial charge >= 0.3 is 6.03 Å². The Morgan fingerprint density at radius 2 is 1.96 bits per heavy atom. The molecule has 2 aromatic rings. The number of fused-ring (bicyclic) bond motifs is 3. The maximum atomic E-state index is 12.6. The Labute approximate surface area is 159 Å². The van der Waals surface area contributed by atoms with Crippen molar-refractivity contribution in [2.24, 2.45) is 0 Å². The number of nitrogens with zero attached hydrogens (tertiary/aromatic N) is 1. The van der Waals surface area contributed by atoms with Crippen LogP contribution >= 0.6 is 0 Å². The molecule has 144 valence electrons. The number of H-pyrrole nitrogens is 1. The van der Waals surface area contributed by atoms with E-state index in [2.05, 4.69) is 27.8 Å². The third-order valence-corrected chi connectivity index (χ3v) is 5.80. The Morgan fingerprint density at radius 1 is 1.15 bits per heavy atom. The normalized spacial score (nSPS) is 17.6. The molecule has 0 bridgehead atoms. The number of benzene rings is 1. The van der Waals surface area contributed by atoms with Crippen LogP contribution in [0.1, 0.15) is 49.8 Å². The van der Waals surface area contributed by atoms with Crippen molar-refractivity contribution in [1.82, 2.24) is 20.5 Å². The Balaban J connectivity index is 1.26. The van der Waals surface area contributed by atoms with E-state index in [0.717, 1.165) is 31.3 Å². The molecule has 1 saturated carbocycles. The van der Waals surface area contributed by atoms with Gasteiger partial charge in [-0.2, -0.15) is 0 Å². The lowest BCUT2D eigenvalue weighted by Crippen LogP contribution is -2.44. The summed E-state index contributed by atoms with van der Waals surface area (Å²) in [4.78, 5) is 29.9. The van der Waals surface area contributed by atoms with E-state index in [1.165, 1.54) is 35.9 Å². The minimum absolute atomic E-state index is 0.101. The highest BCUT2D eigenvalue weighted by molar-refractivity contribution is 5.86. The summed E-state index contributed by atoms with van der Waals surface area (Å²) in [7, 11) is 0. The molecule has 0 spiro atoms. The molecule has 3 amide bonds. The average molecular weight is 368 g/mol. The van der Waals surface area contributed by atoms with Crippen molar-refractivity contribution in [3.05, 3.63) is 35.5 Å². The molecule has 27 heavy (non-hydrogen) atoms. The number of hydrogen-bond acceptors (Lipinski definition) is 2. The molecule has 0 unspecified atom stereocenters. The lowest BCUT2D eigenvalue weighted by Gasteiger charge is -2.27. The molecule has 0 atom stereocenters. The number of aromatic nitrogens is 1. The first-order chi connectivity index (χ1) is 13.2. The van der Waals surface area contributed by atoms with Gasteiger partial charge in [-0.1, -0.05) is 37.5 Å². The van der Waals surface area contributed by atoms with E-state index in [1.54, 1.807) is 0 Å². The summed E-state index contributed by atoms with van der Waals surface area (Å²) in [5, 5.41) is 7.07. The molecule has 2 aliphatic rings. The summed E-state index contributed by atoms with van der Waals surface area (Å²) in [5.41, 5.74) is 3.61. The predicted octanol–water partition coefficient (Wildman–Crippen LogP) is 3.07. The fourth-order valence-corrected chi connectivity index (χ4v) is 4.30.